The van der Waals surface area contributed by atoms with Crippen molar-refractivity contribution in [3.05, 3.63) is 64.7 Å². The number of fused-ring (bicyclic) bond motifs is 1. The van der Waals surface area contributed by atoms with Crippen LogP contribution in [0, 0.1) is 13.8 Å². The van der Waals surface area contributed by atoms with Crippen molar-refractivity contribution in [3.8, 4) is 5.75 Å². The normalized spacial score (nSPS) is 16.3. The zero-order valence-electron chi connectivity index (χ0n) is 18.7. The van der Waals surface area contributed by atoms with E-state index in [-0.39, 0.29) is 5.91 Å². The number of rotatable bonds is 7. The maximum atomic E-state index is 12.4. The molecule has 4 rings (SSSR count). The molecule has 1 saturated heterocycles. The van der Waals surface area contributed by atoms with E-state index in [9.17, 15) is 4.79 Å². The van der Waals surface area contributed by atoms with Gasteiger partial charge in [0.05, 0.1) is 5.57 Å². The van der Waals surface area contributed by atoms with Crippen LogP contribution < -0.4 is 15.0 Å². The zero-order chi connectivity index (χ0) is 21.6. The fraction of sp³-hybridized carbons (Fsp3) is 0.423. The number of aryl methyl sites for hydroxylation is 2. The Kier molecular flexibility index (Phi) is 6.92. The lowest BCUT2D eigenvalue weighted by molar-refractivity contribution is -0.117. The van der Waals surface area contributed by atoms with Gasteiger partial charge in [0.1, 0.15) is 12.4 Å². The van der Waals surface area contributed by atoms with Gasteiger partial charge in [0.25, 0.3) is 5.91 Å². The van der Waals surface area contributed by atoms with E-state index >= 15 is 0 Å². The lowest BCUT2D eigenvalue weighted by atomic mass is 10.1. The monoisotopic (exact) mass is 419 g/mol. The number of ether oxygens (including phenoxy) is 1. The van der Waals surface area contributed by atoms with Crippen molar-refractivity contribution in [1.29, 1.82) is 0 Å². The van der Waals surface area contributed by atoms with Crippen LogP contribution in [0.1, 0.15) is 29.5 Å². The zero-order valence-corrected chi connectivity index (χ0v) is 18.7. The van der Waals surface area contributed by atoms with Gasteiger partial charge < -0.3 is 15.0 Å². The summed E-state index contributed by atoms with van der Waals surface area (Å²) in [5, 5.41) is 3.05. The van der Waals surface area contributed by atoms with Crippen molar-refractivity contribution in [3.63, 3.8) is 0 Å². The molecule has 0 radical (unpaired) electrons. The first kappa shape index (κ1) is 21.4. The molecule has 0 aliphatic carbocycles. The van der Waals surface area contributed by atoms with Gasteiger partial charge >= 0.3 is 0 Å². The van der Waals surface area contributed by atoms with Crippen molar-refractivity contribution in [2.45, 2.75) is 26.7 Å². The molecule has 2 aliphatic rings. The maximum Gasteiger partial charge on any atom is 0.250 e. The number of amides is 1. The second kappa shape index (κ2) is 10.0. The third kappa shape index (κ3) is 5.47. The average molecular weight is 420 g/mol. The van der Waals surface area contributed by atoms with Crippen LogP contribution in [0.4, 0.5) is 5.69 Å². The Balaban J connectivity index is 1.13. The predicted octanol–water partition coefficient (Wildman–Crippen LogP) is 3.80. The summed E-state index contributed by atoms with van der Waals surface area (Å²) in [4.78, 5) is 17.4. The molecule has 0 aromatic heterocycles. The number of carbonyl (C=O) groups is 1. The van der Waals surface area contributed by atoms with Crippen LogP contribution in [0.15, 0.2) is 48.0 Å². The fourth-order valence-electron chi connectivity index (χ4n) is 4.18. The first-order valence-electron chi connectivity index (χ1n) is 11.4. The number of para-hydroxylation sites is 1. The van der Waals surface area contributed by atoms with Crippen LogP contribution >= 0.6 is 0 Å². The van der Waals surface area contributed by atoms with Crippen molar-refractivity contribution >= 4 is 17.7 Å². The Morgan fingerprint density at radius 3 is 2.61 bits per heavy atom. The standard InChI is InChI=1S/C26H33N3O2/c1-20-9-10-24(17-21(20)2)29-15-13-28(14-16-29)12-6-5-11-27-26(30)23-18-22-7-3-4-8-25(22)31-19-23/h3-4,7-10,17-18H,5-6,11-16,19H2,1-2H3,(H,27,30). The summed E-state index contributed by atoms with van der Waals surface area (Å²) in [5.74, 6) is 0.827. The van der Waals surface area contributed by atoms with Crippen LogP contribution in [0.2, 0.25) is 0 Å². The Morgan fingerprint density at radius 2 is 1.81 bits per heavy atom. The van der Waals surface area contributed by atoms with E-state index < -0.39 is 0 Å². The second-order valence-corrected chi connectivity index (χ2v) is 8.56. The molecule has 0 bridgehead atoms. The maximum absolute atomic E-state index is 12.4. The van der Waals surface area contributed by atoms with E-state index in [1.54, 1.807) is 0 Å². The third-order valence-electron chi connectivity index (χ3n) is 6.34. The SMILES string of the molecule is Cc1ccc(N2CCN(CCCCNC(=O)C3=Cc4ccccc4OC3)CC2)cc1C. The van der Waals surface area contributed by atoms with Crippen LogP contribution in [0.3, 0.4) is 0 Å². The summed E-state index contributed by atoms with van der Waals surface area (Å²) in [7, 11) is 0. The first-order chi connectivity index (χ1) is 15.1. The summed E-state index contributed by atoms with van der Waals surface area (Å²) in [6.07, 6.45) is 4.03. The molecule has 0 spiro atoms. The van der Waals surface area contributed by atoms with Crippen LogP contribution in [0.25, 0.3) is 6.08 Å². The molecule has 1 N–H and O–H groups in total. The molecular weight excluding hydrogens is 386 g/mol. The minimum Gasteiger partial charge on any atom is -0.488 e. The molecule has 2 aliphatic heterocycles. The summed E-state index contributed by atoms with van der Waals surface area (Å²) in [5.41, 5.74) is 5.72. The number of piperazine rings is 1. The highest BCUT2D eigenvalue weighted by Gasteiger charge is 2.18. The number of hydrogen-bond donors (Lipinski definition) is 1. The second-order valence-electron chi connectivity index (χ2n) is 8.56. The summed E-state index contributed by atoms with van der Waals surface area (Å²) < 4.78 is 5.68. The van der Waals surface area contributed by atoms with Crippen LogP contribution in [-0.4, -0.2) is 56.7 Å². The van der Waals surface area contributed by atoms with Crippen molar-refractivity contribution < 1.29 is 9.53 Å². The number of carbonyl (C=O) groups excluding carboxylic acids is 1. The van der Waals surface area contributed by atoms with Gasteiger partial charge in [-0.3, -0.25) is 9.69 Å². The molecule has 1 amide bonds. The number of benzene rings is 2. The highest BCUT2D eigenvalue weighted by atomic mass is 16.5. The molecule has 0 unspecified atom stereocenters. The molecule has 2 aromatic carbocycles. The van der Waals surface area contributed by atoms with E-state index in [2.05, 4.69) is 47.2 Å². The van der Waals surface area contributed by atoms with Gasteiger partial charge in [-0.1, -0.05) is 24.3 Å². The molecule has 5 heteroatoms. The molecule has 31 heavy (non-hydrogen) atoms. The predicted molar refractivity (Wildman–Crippen MR) is 127 cm³/mol. The lowest BCUT2D eigenvalue weighted by Crippen LogP contribution is -2.46. The molecule has 2 aromatic rings. The molecule has 2 heterocycles. The van der Waals surface area contributed by atoms with Gasteiger partial charge in [-0.25, -0.2) is 0 Å². The Morgan fingerprint density at radius 1 is 1.00 bits per heavy atom. The summed E-state index contributed by atoms with van der Waals surface area (Å²) >= 11 is 0. The summed E-state index contributed by atoms with van der Waals surface area (Å²) in [6.45, 7) is 10.8. The molecule has 0 atom stereocenters. The highest BCUT2D eigenvalue weighted by Crippen LogP contribution is 2.25. The minimum atomic E-state index is -0.0171. The number of nitrogens with one attached hydrogen (secondary N) is 1. The van der Waals surface area contributed by atoms with Crippen molar-refractivity contribution in [2.24, 2.45) is 0 Å². The van der Waals surface area contributed by atoms with Gasteiger partial charge in [0, 0.05) is 44.0 Å². The van der Waals surface area contributed by atoms with E-state index in [1.165, 1.54) is 16.8 Å². The largest absolute Gasteiger partial charge is 0.488 e. The Hall–Kier alpha value is -2.79. The number of hydrogen-bond acceptors (Lipinski definition) is 4. The van der Waals surface area contributed by atoms with Gasteiger partial charge in [-0.2, -0.15) is 0 Å². The minimum absolute atomic E-state index is 0.0171. The molecule has 164 valence electrons. The number of nitrogens with zero attached hydrogens (tertiary/aromatic N) is 2. The van der Waals surface area contributed by atoms with Crippen LogP contribution in [-0.2, 0) is 4.79 Å². The van der Waals surface area contributed by atoms with E-state index in [1.807, 2.05) is 30.3 Å². The smallest absolute Gasteiger partial charge is 0.250 e. The fourth-order valence-corrected chi connectivity index (χ4v) is 4.18. The average Bonchev–Trinajstić information content (AvgIpc) is 2.80. The molecular formula is C26H33N3O2. The van der Waals surface area contributed by atoms with Crippen LogP contribution in [0.5, 0.6) is 5.75 Å². The van der Waals surface area contributed by atoms with Gasteiger partial charge in [0.15, 0.2) is 0 Å². The summed E-state index contributed by atoms with van der Waals surface area (Å²) in [6, 6.07) is 14.6. The molecule has 0 saturated carbocycles. The molecule has 1 fully saturated rings. The Bertz CT molecular complexity index is 945. The quantitative estimate of drug-likeness (QED) is 0.694. The third-order valence-corrected chi connectivity index (χ3v) is 6.34. The van der Waals surface area contributed by atoms with Gasteiger partial charge in [-0.05, 0) is 68.6 Å². The first-order valence-corrected chi connectivity index (χ1v) is 11.4. The van der Waals surface area contributed by atoms with Gasteiger partial charge in [0.2, 0.25) is 0 Å². The highest BCUT2D eigenvalue weighted by molar-refractivity contribution is 5.99. The van der Waals surface area contributed by atoms with E-state index in [0.29, 0.717) is 18.7 Å². The lowest BCUT2D eigenvalue weighted by Gasteiger charge is -2.36. The van der Waals surface area contributed by atoms with E-state index in [4.69, 9.17) is 4.74 Å². The Labute approximate surface area is 185 Å². The molecule has 5 nitrogen and oxygen atoms in total. The van der Waals surface area contributed by atoms with Crippen molar-refractivity contribution in [1.82, 2.24) is 10.2 Å². The van der Waals surface area contributed by atoms with Crippen molar-refractivity contribution in [2.75, 3.05) is 50.8 Å². The number of unbranched alkanes of at least 4 members (excludes halogenated alkanes) is 1. The number of anilines is 1. The topological polar surface area (TPSA) is 44.8 Å². The van der Waals surface area contributed by atoms with Gasteiger partial charge in [-0.15, -0.1) is 0 Å². The van der Waals surface area contributed by atoms with E-state index in [0.717, 1.165) is 56.9 Å².